The molecule has 3 rings (SSSR count). The van der Waals surface area contributed by atoms with E-state index in [-0.39, 0.29) is 30.3 Å². The second-order valence-corrected chi connectivity index (χ2v) is 7.97. The lowest BCUT2D eigenvalue weighted by Crippen LogP contribution is -2.32. The van der Waals surface area contributed by atoms with E-state index in [2.05, 4.69) is 5.32 Å². The number of aryl methyl sites for hydroxylation is 1. The topological polar surface area (TPSA) is 67.9 Å². The molecule has 0 saturated carbocycles. The molecule has 6 heteroatoms. The molecule has 6 nitrogen and oxygen atoms in total. The highest BCUT2D eigenvalue weighted by Crippen LogP contribution is 2.33. The molecule has 1 heterocycles. The van der Waals surface area contributed by atoms with E-state index in [1.54, 1.807) is 12.0 Å². The van der Waals surface area contributed by atoms with Gasteiger partial charge in [0.25, 0.3) is 0 Å². The minimum Gasteiger partial charge on any atom is -0.495 e. The Balaban J connectivity index is 1.57. The molecule has 1 N–H and O–H groups in total. The lowest BCUT2D eigenvalue weighted by molar-refractivity contribution is -0.126. The lowest BCUT2D eigenvalue weighted by atomic mass is 10.1. The van der Waals surface area contributed by atoms with Crippen LogP contribution in [-0.2, 0) is 27.5 Å². The Labute approximate surface area is 178 Å². The van der Waals surface area contributed by atoms with Crippen molar-refractivity contribution in [2.45, 2.75) is 46.4 Å². The molecule has 0 aliphatic carbocycles. The van der Waals surface area contributed by atoms with Crippen molar-refractivity contribution in [2.24, 2.45) is 5.92 Å². The number of rotatable bonds is 8. The standard InChI is InChI=1S/C24H30N2O4/c1-16(2)30-15-19-8-6-18(7-9-19)13-25-24(28)20-12-23(27)26(14-20)21-11-17(3)5-10-22(21)29-4/h5-11,16,20H,12-15H2,1-4H3,(H,25,28). The predicted molar refractivity (Wildman–Crippen MR) is 116 cm³/mol. The fourth-order valence-corrected chi connectivity index (χ4v) is 3.48. The van der Waals surface area contributed by atoms with Crippen molar-refractivity contribution in [2.75, 3.05) is 18.6 Å². The zero-order valence-corrected chi connectivity index (χ0v) is 18.1. The summed E-state index contributed by atoms with van der Waals surface area (Å²) < 4.78 is 11.0. The van der Waals surface area contributed by atoms with Gasteiger partial charge in [-0.15, -0.1) is 0 Å². The molecule has 30 heavy (non-hydrogen) atoms. The van der Waals surface area contributed by atoms with E-state index in [1.807, 2.05) is 63.2 Å². The van der Waals surface area contributed by atoms with Crippen LogP contribution in [0.3, 0.4) is 0 Å². The Kier molecular flexibility index (Phi) is 7.11. The molecule has 1 fully saturated rings. The minimum atomic E-state index is -0.374. The van der Waals surface area contributed by atoms with E-state index in [9.17, 15) is 9.59 Å². The summed E-state index contributed by atoms with van der Waals surface area (Å²) in [4.78, 5) is 26.9. The number of anilines is 1. The second kappa shape index (κ2) is 9.76. The van der Waals surface area contributed by atoms with Gasteiger partial charge in [-0.2, -0.15) is 0 Å². The lowest BCUT2D eigenvalue weighted by Gasteiger charge is -2.20. The van der Waals surface area contributed by atoms with Crippen molar-refractivity contribution in [3.63, 3.8) is 0 Å². The van der Waals surface area contributed by atoms with Crippen molar-refractivity contribution in [3.8, 4) is 5.75 Å². The highest BCUT2D eigenvalue weighted by molar-refractivity contribution is 6.01. The zero-order valence-electron chi connectivity index (χ0n) is 18.1. The number of nitrogens with one attached hydrogen (secondary N) is 1. The maximum atomic E-state index is 12.7. The number of ether oxygens (including phenoxy) is 2. The second-order valence-electron chi connectivity index (χ2n) is 7.97. The fourth-order valence-electron chi connectivity index (χ4n) is 3.48. The van der Waals surface area contributed by atoms with Crippen molar-refractivity contribution in [1.82, 2.24) is 5.32 Å². The third-order valence-corrected chi connectivity index (χ3v) is 5.19. The molecule has 0 spiro atoms. The van der Waals surface area contributed by atoms with Crippen molar-refractivity contribution < 1.29 is 19.1 Å². The quantitative estimate of drug-likeness (QED) is 0.722. The van der Waals surface area contributed by atoms with E-state index in [0.717, 1.165) is 22.4 Å². The zero-order chi connectivity index (χ0) is 21.7. The summed E-state index contributed by atoms with van der Waals surface area (Å²) in [5.41, 5.74) is 3.87. The molecule has 2 aromatic carbocycles. The van der Waals surface area contributed by atoms with Gasteiger partial charge in [-0.25, -0.2) is 0 Å². The first-order valence-corrected chi connectivity index (χ1v) is 10.3. The van der Waals surface area contributed by atoms with Crippen LogP contribution in [0.2, 0.25) is 0 Å². The van der Waals surface area contributed by atoms with Gasteiger partial charge in [-0.05, 0) is 49.6 Å². The van der Waals surface area contributed by atoms with Crippen LogP contribution in [0.15, 0.2) is 42.5 Å². The van der Waals surface area contributed by atoms with Crippen LogP contribution < -0.4 is 15.0 Å². The number of hydrogen-bond donors (Lipinski definition) is 1. The highest BCUT2D eigenvalue weighted by Gasteiger charge is 2.36. The molecule has 0 radical (unpaired) electrons. The molecule has 2 aromatic rings. The summed E-state index contributed by atoms with van der Waals surface area (Å²) in [5, 5.41) is 2.96. The number of hydrogen-bond acceptors (Lipinski definition) is 4. The Morgan fingerprint density at radius 2 is 1.87 bits per heavy atom. The molecule has 1 unspecified atom stereocenters. The first kappa shape index (κ1) is 21.8. The third kappa shape index (κ3) is 5.39. The summed E-state index contributed by atoms with van der Waals surface area (Å²) in [6.07, 6.45) is 0.395. The summed E-state index contributed by atoms with van der Waals surface area (Å²) in [6, 6.07) is 13.7. The number of nitrogens with zero attached hydrogens (tertiary/aromatic N) is 1. The molecule has 1 aliphatic heterocycles. The average molecular weight is 411 g/mol. The highest BCUT2D eigenvalue weighted by atomic mass is 16.5. The van der Waals surface area contributed by atoms with Crippen LogP contribution in [0.4, 0.5) is 5.69 Å². The van der Waals surface area contributed by atoms with Gasteiger partial charge >= 0.3 is 0 Å². The molecule has 0 aromatic heterocycles. The van der Waals surface area contributed by atoms with Gasteiger partial charge in [0.2, 0.25) is 11.8 Å². The van der Waals surface area contributed by atoms with Gasteiger partial charge in [0, 0.05) is 19.5 Å². The van der Waals surface area contributed by atoms with Crippen LogP contribution >= 0.6 is 0 Å². The van der Waals surface area contributed by atoms with Crippen LogP contribution in [-0.4, -0.2) is 31.6 Å². The Morgan fingerprint density at radius 3 is 2.53 bits per heavy atom. The monoisotopic (exact) mass is 410 g/mol. The van der Waals surface area contributed by atoms with Crippen LogP contribution in [0.1, 0.15) is 37.0 Å². The van der Waals surface area contributed by atoms with E-state index in [4.69, 9.17) is 9.47 Å². The number of methoxy groups -OCH3 is 1. The summed E-state index contributed by atoms with van der Waals surface area (Å²) in [5.74, 6) is 0.0937. The molecule has 1 aliphatic rings. The van der Waals surface area contributed by atoms with E-state index >= 15 is 0 Å². The van der Waals surface area contributed by atoms with Gasteiger partial charge in [-0.3, -0.25) is 9.59 Å². The molecular formula is C24H30N2O4. The maximum absolute atomic E-state index is 12.7. The number of amides is 2. The number of carbonyl (C=O) groups is 2. The first-order valence-electron chi connectivity index (χ1n) is 10.3. The van der Waals surface area contributed by atoms with E-state index < -0.39 is 0 Å². The van der Waals surface area contributed by atoms with E-state index in [1.165, 1.54) is 0 Å². The van der Waals surface area contributed by atoms with Gasteiger partial charge in [-0.1, -0.05) is 30.3 Å². The van der Waals surface area contributed by atoms with Crippen LogP contribution in [0, 0.1) is 12.8 Å². The Hall–Kier alpha value is -2.86. The molecule has 0 bridgehead atoms. The predicted octanol–water partition coefficient (Wildman–Crippen LogP) is 3.60. The van der Waals surface area contributed by atoms with Gasteiger partial charge in [0.05, 0.1) is 31.4 Å². The Morgan fingerprint density at radius 1 is 1.17 bits per heavy atom. The fraction of sp³-hybridized carbons (Fsp3) is 0.417. The summed E-state index contributed by atoms with van der Waals surface area (Å²) >= 11 is 0. The molecule has 160 valence electrons. The first-order chi connectivity index (χ1) is 14.4. The SMILES string of the molecule is COc1ccc(C)cc1N1CC(C(=O)NCc2ccc(COC(C)C)cc2)CC1=O. The van der Waals surface area contributed by atoms with Gasteiger partial charge in [0.1, 0.15) is 5.75 Å². The molecule has 1 atom stereocenters. The molecule has 2 amide bonds. The summed E-state index contributed by atoms with van der Waals surface area (Å²) in [7, 11) is 1.58. The summed E-state index contributed by atoms with van der Waals surface area (Å²) in [6.45, 7) is 7.35. The van der Waals surface area contributed by atoms with Crippen LogP contribution in [0.25, 0.3) is 0 Å². The maximum Gasteiger partial charge on any atom is 0.227 e. The number of benzene rings is 2. The van der Waals surface area contributed by atoms with Gasteiger partial charge in [0.15, 0.2) is 0 Å². The molecular weight excluding hydrogens is 380 g/mol. The van der Waals surface area contributed by atoms with E-state index in [0.29, 0.717) is 25.4 Å². The van der Waals surface area contributed by atoms with Crippen molar-refractivity contribution >= 4 is 17.5 Å². The van der Waals surface area contributed by atoms with Crippen LogP contribution in [0.5, 0.6) is 5.75 Å². The largest absolute Gasteiger partial charge is 0.495 e. The minimum absolute atomic E-state index is 0.0615. The third-order valence-electron chi connectivity index (χ3n) is 5.19. The normalized spacial score (nSPS) is 16.2. The smallest absolute Gasteiger partial charge is 0.227 e. The van der Waals surface area contributed by atoms with Crippen molar-refractivity contribution in [1.29, 1.82) is 0 Å². The number of carbonyl (C=O) groups excluding carboxylic acids is 2. The van der Waals surface area contributed by atoms with Gasteiger partial charge < -0.3 is 19.7 Å². The average Bonchev–Trinajstić information content (AvgIpc) is 3.12. The Bertz CT molecular complexity index is 893. The molecule has 1 saturated heterocycles. The van der Waals surface area contributed by atoms with Crippen molar-refractivity contribution in [3.05, 3.63) is 59.2 Å².